The molecule has 5 rings (SSSR count). The van der Waals surface area contributed by atoms with Crippen molar-refractivity contribution in [3.8, 4) is 0 Å². The molecule has 2 amide bonds. The summed E-state index contributed by atoms with van der Waals surface area (Å²) in [6.07, 6.45) is 2.66. The second-order valence-electron chi connectivity index (χ2n) is 11.4. The number of ether oxygens (including phenoxy) is 2. The summed E-state index contributed by atoms with van der Waals surface area (Å²) < 4.78 is 40.6. The number of hydrogen-bond donors (Lipinski definition) is 2. The van der Waals surface area contributed by atoms with E-state index < -0.39 is 46.2 Å². The lowest BCUT2D eigenvalue weighted by Gasteiger charge is -2.40. The molecule has 222 valence electrons. The average Bonchev–Trinajstić information content (AvgIpc) is 3.62. The minimum absolute atomic E-state index is 0.0413. The SMILES string of the molecule is Cc1c(C(=O)Nc2ccc(F)c(F)c2)c2n(c1C(=O)C(=O)NC1(c3cn(COC(=O)C(C)(C)C)nn3)COC1)CCC2. The molecule has 14 heteroatoms. The van der Waals surface area contributed by atoms with Crippen LogP contribution in [-0.2, 0) is 44.3 Å². The van der Waals surface area contributed by atoms with Crippen molar-refractivity contribution in [2.24, 2.45) is 5.41 Å². The standard InChI is InChI=1S/C28H30F2N6O6/c1-15-21(24(38)31-16-7-8-17(29)18(30)10-16)19-6-5-9-36(19)22(15)23(37)25(39)32-28(12-41-13-28)20-11-35(34-33-20)14-42-26(40)27(2,3)4/h7-8,10-11H,5-6,9,12-14H2,1-4H3,(H,31,38)(H,32,39). The zero-order valence-electron chi connectivity index (χ0n) is 23.5. The molecule has 42 heavy (non-hydrogen) atoms. The van der Waals surface area contributed by atoms with E-state index in [0.29, 0.717) is 36.3 Å². The van der Waals surface area contributed by atoms with E-state index in [1.165, 1.54) is 16.9 Å². The molecule has 1 saturated heterocycles. The maximum absolute atomic E-state index is 13.7. The van der Waals surface area contributed by atoms with Crippen molar-refractivity contribution in [3.05, 3.63) is 64.2 Å². The smallest absolute Gasteiger partial charge is 0.313 e. The van der Waals surface area contributed by atoms with Crippen LogP contribution in [0.5, 0.6) is 0 Å². The van der Waals surface area contributed by atoms with Crippen molar-refractivity contribution in [2.45, 2.75) is 59.4 Å². The largest absolute Gasteiger partial charge is 0.442 e. The monoisotopic (exact) mass is 584 g/mol. The summed E-state index contributed by atoms with van der Waals surface area (Å²) in [5.41, 5.74) is -0.280. The Hall–Kier alpha value is -4.46. The number of carbonyl (C=O) groups is 4. The Morgan fingerprint density at radius 2 is 1.88 bits per heavy atom. The summed E-state index contributed by atoms with van der Waals surface area (Å²) in [6.45, 7) is 7.06. The normalized spacial score (nSPS) is 15.5. The molecule has 0 bridgehead atoms. The molecule has 12 nitrogen and oxygen atoms in total. The van der Waals surface area contributed by atoms with E-state index in [2.05, 4.69) is 20.9 Å². The van der Waals surface area contributed by atoms with Gasteiger partial charge in [-0.1, -0.05) is 5.21 Å². The molecule has 2 aliphatic heterocycles. The third kappa shape index (κ3) is 5.29. The number of carbonyl (C=O) groups excluding carboxylic acids is 4. The van der Waals surface area contributed by atoms with Gasteiger partial charge in [-0.2, -0.15) is 0 Å². The highest BCUT2D eigenvalue weighted by Gasteiger charge is 2.46. The first-order valence-corrected chi connectivity index (χ1v) is 13.3. The van der Waals surface area contributed by atoms with Crippen molar-refractivity contribution >= 4 is 29.3 Å². The van der Waals surface area contributed by atoms with Gasteiger partial charge in [-0.05, 0) is 58.2 Å². The van der Waals surface area contributed by atoms with Gasteiger partial charge in [-0.3, -0.25) is 19.2 Å². The first kappa shape index (κ1) is 29.0. The van der Waals surface area contributed by atoms with E-state index in [9.17, 15) is 28.0 Å². The highest BCUT2D eigenvalue weighted by atomic mass is 19.2. The first-order chi connectivity index (χ1) is 19.8. The molecular weight excluding hydrogens is 554 g/mol. The lowest BCUT2D eigenvalue weighted by atomic mass is 9.93. The van der Waals surface area contributed by atoms with Crippen LogP contribution in [-0.4, -0.2) is 56.3 Å². The van der Waals surface area contributed by atoms with E-state index in [1.807, 2.05) is 0 Å². The Morgan fingerprint density at radius 1 is 1.14 bits per heavy atom. The second-order valence-corrected chi connectivity index (χ2v) is 11.4. The van der Waals surface area contributed by atoms with Crippen LogP contribution >= 0.6 is 0 Å². The number of benzene rings is 1. The number of hydrogen-bond acceptors (Lipinski definition) is 8. The molecule has 0 unspecified atom stereocenters. The quantitative estimate of drug-likeness (QED) is 0.233. The third-order valence-corrected chi connectivity index (χ3v) is 7.25. The molecule has 0 saturated carbocycles. The van der Waals surface area contributed by atoms with Crippen molar-refractivity contribution in [1.82, 2.24) is 24.9 Å². The van der Waals surface area contributed by atoms with Gasteiger partial charge in [0.1, 0.15) is 11.2 Å². The van der Waals surface area contributed by atoms with Gasteiger partial charge in [-0.15, -0.1) is 5.10 Å². The predicted molar refractivity (Wildman–Crippen MR) is 142 cm³/mol. The molecule has 1 aromatic carbocycles. The average molecular weight is 585 g/mol. The molecule has 3 aromatic rings. The number of rotatable bonds is 8. The van der Waals surface area contributed by atoms with Crippen molar-refractivity contribution in [1.29, 1.82) is 0 Å². The Labute approximate surface area is 239 Å². The molecule has 0 radical (unpaired) electrons. The highest BCUT2D eigenvalue weighted by Crippen LogP contribution is 2.32. The number of nitrogens with one attached hydrogen (secondary N) is 2. The van der Waals surface area contributed by atoms with Crippen LogP contribution in [0, 0.1) is 24.0 Å². The van der Waals surface area contributed by atoms with Gasteiger partial charge in [0.25, 0.3) is 17.6 Å². The Kier molecular flexibility index (Phi) is 7.43. The number of ketones is 1. The van der Waals surface area contributed by atoms with Crippen LogP contribution in [0.4, 0.5) is 14.5 Å². The Morgan fingerprint density at radius 3 is 2.52 bits per heavy atom. The van der Waals surface area contributed by atoms with Crippen molar-refractivity contribution in [2.75, 3.05) is 18.5 Å². The fourth-order valence-corrected chi connectivity index (χ4v) is 4.97. The predicted octanol–water partition coefficient (Wildman–Crippen LogP) is 2.64. The van der Waals surface area contributed by atoms with E-state index in [1.54, 1.807) is 32.3 Å². The first-order valence-electron chi connectivity index (χ1n) is 13.3. The van der Waals surface area contributed by atoms with E-state index >= 15 is 0 Å². The lowest BCUT2D eigenvalue weighted by Crippen LogP contribution is -2.61. The number of nitrogens with zero attached hydrogens (tertiary/aromatic N) is 4. The lowest BCUT2D eigenvalue weighted by molar-refractivity contribution is -0.157. The summed E-state index contributed by atoms with van der Waals surface area (Å²) in [5, 5.41) is 13.3. The van der Waals surface area contributed by atoms with E-state index in [0.717, 1.165) is 12.1 Å². The summed E-state index contributed by atoms with van der Waals surface area (Å²) in [6, 6.07) is 2.99. The summed E-state index contributed by atoms with van der Waals surface area (Å²) in [7, 11) is 0. The van der Waals surface area contributed by atoms with Gasteiger partial charge >= 0.3 is 5.97 Å². The highest BCUT2D eigenvalue weighted by molar-refractivity contribution is 6.43. The van der Waals surface area contributed by atoms with E-state index in [4.69, 9.17) is 9.47 Å². The number of aromatic nitrogens is 4. The maximum atomic E-state index is 13.7. The topological polar surface area (TPSA) is 146 Å². The van der Waals surface area contributed by atoms with Gasteiger partial charge < -0.3 is 24.7 Å². The summed E-state index contributed by atoms with van der Waals surface area (Å²) in [5.74, 6) is -4.95. The minimum atomic E-state index is -1.12. The minimum Gasteiger partial charge on any atom is -0.442 e. The van der Waals surface area contributed by atoms with Gasteiger partial charge in [0.05, 0.1) is 36.1 Å². The molecule has 4 heterocycles. The molecule has 0 spiro atoms. The van der Waals surface area contributed by atoms with Crippen LogP contribution in [0.1, 0.15) is 65.0 Å². The molecule has 2 aliphatic rings. The zero-order chi connectivity index (χ0) is 30.4. The van der Waals surface area contributed by atoms with Crippen LogP contribution in [0.2, 0.25) is 0 Å². The molecule has 2 aromatic heterocycles. The molecular formula is C28H30F2N6O6. The Balaban J connectivity index is 1.34. The number of esters is 1. The van der Waals surface area contributed by atoms with E-state index in [-0.39, 0.29) is 36.9 Å². The number of anilines is 1. The van der Waals surface area contributed by atoms with Crippen molar-refractivity contribution in [3.63, 3.8) is 0 Å². The second kappa shape index (κ2) is 10.7. The fourth-order valence-electron chi connectivity index (χ4n) is 4.97. The Bertz CT molecular complexity index is 1600. The van der Waals surface area contributed by atoms with Gasteiger partial charge in [0.2, 0.25) is 0 Å². The van der Waals surface area contributed by atoms with Crippen LogP contribution in [0.25, 0.3) is 0 Å². The van der Waals surface area contributed by atoms with Crippen LogP contribution < -0.4 is 10.6 Å². The molecule has 0 atom stereocenters. The van der Waals surface area contributed by atoms with Crippen molar-refractivity contribution < 1.29 is 37.4 Å². The van der Waals surface area contributed by atoms with Crippen LogP contribution in [0.3, 0.4) is 0 Å². The zero-order valence-corrected chi connectivity index (χ0v) is 23.5. The number of amides is 2. The van der Waals surface area contributed by atoms with Gasteiger partial charge in [-0.25, -0.2) is 13.5 Å². The molecule has 0 aliphatic carbocycles. The fraction of sp³-hybridized carbons (Fsp3) is 0.429. The number of Topliss-reactive ketones (excluding diaryl/α,β-unsaturated/α-hetero) is 1. The van der Waals surface area contributed by atoms with Gasteiger partial charge in [0.15, 0.2) is 18.4 Å². The molecule has 1 fully saturated rings. The number of fused-ring (bicyclic) bond motifs is 1. The molecule has 2 N–H and O–H groups in total. The van der Waals surface area contributed by atoms with Gasteiger partial charge in [0, 0.05) is 24.0 Å². The van der Waals surface area contributed by atoms with Crippen LogP contribution in [0.15, 0.2) is 24.4 Å². The number of halogens is 2. The summed E-state index contributed by atoms with van der Waals surface area (Å²) >= 11 is 0. The maximum Gasteiger partial charge on any atom is 0.313 e. The summed E-state index contributed by atoms with van der Waals surface area (Å²) in [4.78, 5) is 52.1. The third-order valence-electron chi connectivity index (χ3n) is 7.25.